The highest BCUT2D eigenvalue weighted by atomic mass is 35.5. The summed E-state index contributed by atoms with van der Waals surface area (Å²) in [5, 5.41) is 12.1. The summed E-state index contributed by atoms with van der Waals surface area (Å²) in [5.41, 5.74) is -0.255. The van der Waals surface area contributed by atoms with Gasteiger partial charge >= 0.3 is 0 Å². The molecule has 9 nitrogen and oxygen atoms in total. The third kappa shape index (κ3) is 4.83. The van der Waals surface area contributed by atoms with Crippen molar-refractivity contribution in [2.24, 2.45) is 0 Å². The van der Waals surface area contributed by atoms with Gasteiger partial charge in [-0.15, -0.1) is 0 Å². The van der Waals surface area contributed by atoms with Gasteiger partial charge in [-0.05, 0) is 12.1 Å². The number of piperazine rings is 1. The molecule has 31 heavy (non-hydrogen) atoms. The molecule has 0 saturated carbocycles. The number of carbonyl (C=O) groups excluding carboxylic acids is 1. The van der Waals surface area contributed by atoms with E-state index in [1.54, 1.807) is 11.0 Å². The number of fused-ring (bicyclic) bond motifs is 1. The molecule has 1 saturated heterocycles. The van der Waals surface area contributed by atoms with E-state index >= 15 is 0 Å². The summed E-state index contributed by atoms with van der Waals surface area (Å²) in [5.74, 6) is 0.910. The molecule has 0 aromatic heterocycles. The molecular formula is C21H22ClN3O6. The fourth-order valence-electron chi connectivity index (χ4n) is 3.59. The van der Waals surface area contributed by atoms with Crippen LogP contribution < -0.4 is 14.2 Å². The van der Waals surface area contributed by atoms with E-state index in [4.69, 9.17) is 25.8 Å². The van der Waals surface area contributed by atoms with Crippen LogP contribution in [0.5, 0.6) is 17.2 Å². The Kier molecular flexibility index (Phi) is 6.43. The number of halogens is 1. The van der Waals surface area contributed by atoms with Crippen molar-refractivity contribution in [3.63, 3.8) is 0 Å². The first-order valence-corrected chi connectivity index (χ1v) is 10.4. The maximum absolute atomic E-state index is 13.0. The number of benzene rings is 2. The minimum Gasteiger partial charge on any atom is -0.491 e. The monoisotopic (exact) mass is 447 g/mol. The highest BCUT2D eigenvalue weighted by Crippen LogP contribution is 2.37. The summed E-state index contributed by atoms with van der Waals surface area (Å²) < 4.78 is 16.6. The zero-order valence-corrected chi connectivity index (χ0v) is 17.5. The zero-order chi connectivity index (χ0) is 21.8. The van der Waals surface area contributed by atoms with Gasteiger partial charge in [0.15, 0.2) is 11.5 Å². The number of carbonyl (C=O) groups is 1. The fourth-order valence-corrected chi connectivity index (χ4v) is 3.78. The zero-order valence-electron chi connectivity index (χ0n) is 16.8. The van der Waals surface area contributed by atoms with Crippen molar-refractivity contribution in [3.8, 4) is 17.2 Å². The molecule has 0 radical (unpaired) electrons. The topological polar surface area (TPSA) is 94.4 Å². The van der Waals surface area contributed by atoms with Crippen LogP contribution in [-0.4, -0.2) is 73.2 Å². The second-order valence-electron chi connectivity index (χ2n) is 7.18. The van der Waals surface area contributed by atoms with Crippen LogP contribution in [0.15, 0.2) is 36.4 Å². The molecule has 2 heterocycles. The van der Waals surface area contributed by atoms with Crippen LogP contribution in [0.4, 0.5) is 5.69 Å². The van der Waals surface area contributed by atoms with E-state index in [-0.39, 0.29) is 22.9 Å². The fraction of sp³-hybridized carbons (Fsp3) is 0.381. The van der Waals surface area contributed by atoms with Gasteiger partial charge in [0.05, 0.1) is 16.0 Å². The molecule has 2 aromatic rings. The Balaban J connectivity index is 1.35. The van der Waals surface area contributed by atoms with Gasteiger partial charge in [-0.3, -0.25) is 19.8 Å². The highest BCUT2D eigenvalue weighted by Gasteiger charge is 2.30. The second kappa shape index (κ2) is 9.40. The van der Waals surface area contributed by atoms with Gasteiger partial charge in [0.1, 0.15) is 31.1 Å². The molecule has 0 spiro atoms. The van der Waals surface area contributed by atoms with E-state index in [2.05, 4.69) is 4.90 Å². The number of nitrogens with zero attached hydrogens (tertiary/aromatic N) is 3. The molecule has 1 amide bonds. The van der Waals surface area contributed by atoms with E-state index in [9.17, 15) is 14.9 Å². The molecule has 4 rings (SSSR count). The van der Waals surface area contributed by atoms with Gasteiger partial charge < -0.3 is 19.1 Å². The van der Waals surface area contributed by atoms with Gasteiger partial charge in [-0.1, -0.05) is 23.7 Å². The SMILES string of the molecule is O=C(c1cc2c(cc1[N+](=O)[O-])OCCO2)N1CCN(CCOc2ccccc2Cl)CC1. The third-order valence-corrected chi connectivity index (χ3v) is 5.56. The Morgan fingerprint density at radius 1 is 1.10 bits per heavy atom. The van der Waals surface area contributed by atoms with E-state index in [0.717, 1.165) is 0 Å². The minimum atomic E-state index is -0.562. The van der Waals surface area contributed by atoms with E-state index in [1.165, 1.54) is 12.1 Å². The minimum absolute atomic E-state index is 0.0183. The normalized spacial score (nSPS) is 16.1. The molecule has 164 valence electrons. The number of ether oxygens (including phenoxy) is 3. The van der Waals surface area contributed by atoms with Crippen LogP contribution in [0.3, 0.4) is 0 Å². The van der Waals surface area contributed by atoms with E-state index in [1.807, 2.05) is 18.2 Å². The van der Waals surface area contributed by atoms with Crippen LogP contribution in [0.25, 0.3) is 0 Å². The lowest BCUT2D eigenvalue weighted by molar-refractivity contribution is -0.385. The number of nitro groups is 1. The van der Waals surface area contributed by atoms with Crippen molar-refractivity contribution in [1.29, 1.82) is 0 Å². The molecule has 0 unspecified atom stereocenters. The average Bonchev–Trinajstić information content (AvgIpc) is 2.79. The molecule has 0 aliphatic carbocycles. The summed E-state index contributed by atoms with van der Waals surface area (Å²) in [4.78, 5) is 27.8. The molecule has 10 heteroatoms. The first-order chi connectivity index (χ1) is 15.0. The van der Waals surface area contributed by atoms with Gasteiger partial charge in [0.2, 0.25) is 0 Å². The van der Waals surface area contributed by atoms with Crippen molar-refractivity contribution >= 4 is 23.2 Å². The lowest BCUT2D eigenvalue weighted by Crippen LogP contribution is -2.49. The summed E-state index contributed by atoms with van der Waals surface area (Å²) >= 11 is 6.09. The molecule has 2 aromatic carbocycles. The summed E-state index contributed by atoms with van der Waals surface area (Å²) in [6.45, 7) is 4.06. The lowest BCUT2D eigenvalue weighted by Gasteiger charge is -2.34. The van der Waals surface area contributed by atoms with Crippen LogP contribution in [-0.2, 0) is 0 Å². The second-order valence-corrected chi connectivity index (χ2v) is 7.59. The van der Waals surface area contributed by atoms with E-state index < -0.39 is 4.92 Å². The largest absolute Gasteiger partial charge is 0.491 e. The Hall–Kier alpha value is -3.04. The number of hydrogen-bond donors (Lipinski definition) is 0. The van der Waals surface area contributed by atoms with Gasteiger partial charge in [-0.25, -0.2) is 0 Å². The van der Waals surface area contributed by atoms with E-state index in [0.29, 0.717) is 69.1 Å². The number of hydrogen-bond acceptors (Lipinski definition) is 7. The van der Waals surface area contributed by atoms with Crippen LogP contribution in [0.1, 0.15) is 10.4 Å². The van der Waals surface area contributed by atoms with Crippen molar-refractivity contribution in [1.82, 2.24) is 9.80 Å². The quantitative estimate of drug-likeness (QED) is 0.496. The Bertz CT molecular complexity index is 978. The predicted octanol–water partition coefficient (Wildman–Crippen LogP) is 2.86. The first kappa shape index (κ1) is 21.2. The maximum atomic E-state index is 13.0. The molecule has 2 aliphatic heterocycles. The summed E-state index contributed by atoms with van der Waals surface area (Å²) in [6.07, 6.45) is 0. The number of nitro benzene ring substituents is 1. The predicted molar refractivity (Wildman–Crippen MR) is 113 cm³/mol. The van der Waals surface area contributed by atoms with Crippen molar-refractivity contribution in [3.05, 3.63) is 57.1 Å². The molecular weight excluding hydrogens is 426 g/mol. The smallest absolute Gasteiger partial charge is 0.286 e. The van der Waals surface area contributed by atoms with Gasteiger partial charge in [0.25, 0.3) is 11.6 Å². The van der Waals surface area contributed by atoms with Crippen LogP contribution in [0, 0.1) is 10.1 Å². The highest BCUT2D eigenvalue weighted by molar-refractivity contribution is 6.32. The molecule has 1 fully saturated rings. The summed E-state index contributed by atoms with van der Waals surface area (Å²) in [7, 11) is 0. The number of para-hydroxylation sites is 1. The van der Waals surface area contributed by atoms with Crippen molar-refractivity contribution in [2.45, 2.75) is 0 Å². The molecule has 0 atom stereocenters. The lowest BCUT2D eigenvalue weighted by atomic mass is 10.1. The molecule has 0 N–H and O–H groups in total. The van der Waals surface area contributed by atoms with Gasteiger partial charge in [0, 0.05) is 38.8 Å². The van der Waals surface area contributed by atoms with Crippen molar-refractivity contribution < 1.29 is 23.9 Å². The Morgan fingerprint density at radius 2 is 1.77 bits per heavy atom. The third-order valence-electron chi connectivity index (χ3n) is 5.25. The Labute approximate surface area is 184 Å². The molecule has 0 bridgehead atoms. The first-order valence-electron chi connectivity index (χ1n) is 10.00. The number of amides is 1. The van der Waals surface area contributed by atoms with Crippen molar-refractivity contribution in [2.75, 3.05) is 52.5 Å². The molecule has 2 aliphatic rings. The van der Waals surface area contributed by atoms with Gasteiger partial charge in [-0.2, -0.15) is 0 Å². The standard InChI is InChI=1S/C21H22ClN3O6/c22-16-3-1-2-4-18(16)29-10-9-23-5-7-24(8-6-23)21(26)15-13-19-20(31-12-11-30-19)14-17(15)25(27)28/h1-4,13-14H,5-12H2. The van der Waals surface area contributed by atoms with Crippen LogP contribution >= 0.6 is 11.6 Å². The summed E-state index contributed by atoms with van der Waals surface area (Å²) in [6, 6.07) is 9.99. The van der Waals surface area contributed by atoms with Crippen LogP contribution in [0.2, 0.25) is 5.02 Å². The number of rotatable bonds is 6. The Morgan fingerprint density at radius 3 is 2.45 bits per heavy atom. The maximum Gasteiger partial charge on any atom is 0.286 e. The average molecular weight is 448 g/mol.